The number of sulfone groups is 1. The molecule has 1 fully saturated rings. The van der Waals surface area contributed by atoms with Crippen molar-refractivity contribution in [3.05, 3.63) is 18.0 Å². The zero-order valence-corrected chi connectivity index (χ0v) is 13.9. The molecule has 1 unspecified atom stereocenters. The Morgan fingerprint density at radius 2 is 2.05 bits per heavy atom. The molecule has 1 atom stereocenters. The van der Waals surface area contributed by atoms with Crippen LogP contribution in [0.3, 0.4) is 0 Å². The first kappa shape index (κ1) is 16.7. The lowest BCUT2D eigenvalue weighted by molar-refractivity contribution is 0.0747. The van der Waals surface area contributed by atoms with E-state index in [2.05, 4.69) is 29.1 Å². The summed E-state index contributed by atoms with van der Waals surface area (Å²) in [7, 11) is -1.39. The summed E-state index contributed by atoms with van der Waals surface area (Å²) in [5.41, 5.74) is 0.363. The van der Waals surface area contributed by atoms with Crippen molar-refractivity contribution in [1.82, 2.24) is 14.9 Å². The van der Waals surface area contributed by atoms with Gasteiger partial charge in [-0.05, 0) is 12.3 Å². The molecule has 1 aliphatic heterocycles. The Kier molecular flexibility index (Phi) is 5.00. The van der Waals surface area contributed by atoms with E-state index in [-0.39, 0.29) is 23.5 Å². The minimum atomic E-state index is -3.01. The summed E-state index contributed by atoms with van der Waals surface area (Å²) in [5, 5.41) is 3.08. The predicted octanol–water partition coefficient (Wildman–Crippen LogP) is 0.804. The molecule has 1 aromatic rings. The van der Waals surface area contributed by atoms with Crippen LogP contribution < -0.4 is 5.32 Å². The average Bonchev–Trinajstić information content (AvgIpc) is 2.84. The molecule has 0 aliphatic carbocycles. The van der Waals surface area contributed by atoms with E-state index in [1.165, 1.54) is 17.3 Å². The summed E-state index contributed by atoms with van der Waals surface area (Å²) >= 11 is 0. The van der Waals surface area contributed by atoms with Crippen LogP contribution in [0.25, 0.3) is 0 Å². The van der Waals surface area contributed by atoms with Crippen molar-refractivity contribution in [1.29, 1.82) is 0 Å². The smallest absolute Gasteiger partial charge is 0.257 e. The van der Waals surface area contributed by atoms with Gasteiger partial charge in [-0.3, -0.25) is 4.79 Å². The van der Waals surface area contributed by atoms with Crippen LogP contribution in [-0.2, 0) is 9.84 Å². The Morgan fingerprint density at radius 3 is 2.55 bits per heavy atom. The maximum Gasteiger partial charge on any atom is 0.257 e. The molecule has 2 heterocycles. The molecule has 2 rings (SSSR count). The topological polar surface area (TPSA) is 92.3 Å². The van der Waals surface area contributed by atoms with E-state index in [1.54, 1.807) is 7.05 Å². The summed E-state index contributed by atoms with van der Waals surface area (Å²) in [6.45, 7) is 4.91. The van der Waals surface area contributed by atoms with E-state index in [4.69, 9.17) is 0 Å². The second-order valence-electron chi connectivity index (χ2n) is 6.04. The Bertz CT molecular complexity index is 628. The van der Waals surface area contributed by atoms with Crippen molar-refractivity contribution in [2.45, 2.75) is 26.3 Å². The lowest BCUT2D eigenvalue weighted by Crippen LogP contribution is -2.37. The molecule has 22 heavy (non-hydrogen) atoms. The van der Waals surface area contributed by atoms with Crippen LogP contribution >= 0.6 is 0 Å². The van der Waals surface area contributed by atoms with Gasteiger partial charge in [0.25, 0.3) is 5.91 Å². The first-order valence-electron chi connectivity index (χ1n) is 7.32. The molecule has 0 bridgehead atoms. The first-order chi connectivity index (χ1) is 10.3. The highest BCUT2D eigenvalue weighted by atomic mass is 32.2. The zero-order chi connectivity index (χ0) is 16.3. The SMILES string of the molecule is CC(C)CNc1ncc(C(=O)N(C)C2CCS(=O)(=O)C2)cn1. The van der Waals surface area contributed by atoms with Crippen LogP contribution in [0.2, 0.25) is 0 Å². The quantitative estimate of drug-likeness (QED) is 0.860. The monoisotopic (exact) mass is 326 g/mol. The van der Waals surface area contributed by atoms with Gasteiger partial charge in [0.2, 0.25) is 5.95 Å². The third kappa shape index (κ3) is 4.16. The van der Waals surface area contributed by atoms with Crippen LogP contribution in [0.15, 0.2) is 12.4 Å². The summed E-state index contributed by atoms with van der Waals surface area (Å²) in [5.74, 6) is 0.878. The van der Waals surface area contributed by atoms with Crippen molar-refractivity contribution in [2.75, 3.05) is 30.4 Å². The molecule has 0 spiro atoms. The third-order valence-corrected chi connectivity index (χ3v) is 5.39. The van der Waals surface area contributed by atoms with Gasteiger partial charge in [-0.2, -0.15) is 0 Å². The van der Waals surface area contributed by atoms with Crippen molar-refractivity contribution in [3.8, 4) is 0 Å². The van der Waals surface area contributed by atoms with E-state index in [9.17, 15) is 13.2 Å². The van der Waals surface area contributed by atoms with Gasteiger partial charge in [0.05, 0.1) is 17.1 Å². The molecule has 8 heteroatoms. The summed E-state index contributed by atoms with van der Waals surface area (Å²) in [6, 6.07) is -0.267. The number of rotatable bonds is 5. The molecule has 7 nitrogen and oxygen atoms in total. The van der Waals surface area contributed by atoms with Gasteiger partial charge in [0.1, 0.15) is 0 Å². The number of aromatic nitrogens is 2. The number of hydrogen-bond donors (Lipinski definition) is 1. The molecular weight excluding hydrogens is 304 g/mol. The maximum atomic E-state index is 12.4. The van der Waals surface area contributed by atoms with E-state index < -0.39 is 9.84 Å². The zero-order valence-electron chi connectivity index (χ0n) is 13.1. The predicted molar refractivity (Wildman–Crippen MR) is 84.5 cm³/mol. The molecule has 1 aromatic heterocycles. The van der Waals surface area contributed by atoms with Gasteiger partial charge in [0.15, 0.2) is 9.84 Å². The second kappa shape index (κ2) is 6.60. The Balaban J connectivity index is 2.00. The number of carbonyl (C=O) groups is 1. The lowest BCUT2D eigenvalue weighted by Gasteiger charge is -2.23. The van der Waals surface area contributed by atoms with Crippen molar-refractivity contribution < 1.29 is 13.2 Å². The number of nitrogens with one attached hydrogen (secondary N) is 1. The lowest BCUT2D eigenvalue weighted by atomic mass is 10.2. The fourth-order valence-electron chi connectivity index (χ4n) is 2.28. The Morgan fingerprint density at radius 1 is 1.41 bits per heavy atom. The Labute approximate surface area is 131 Å². The molecule has 1 N–H and O–H groups in total. The summed E-state index contributed by atoms with van der Waals surface area (Å²) in [6.07, 6.45) is 3.43. The standard InChI is InChI=1S/C14H22N4O3S/c1-10(2)6-15-14-16-7-11(8-17-14)13(19)18(3)12-4-5-22(20,21)9-12/h7-8,10,12H,4-6,9H2,1-3H3,(H,15,16,17). The van der Waals surface area contributed by atoms with Gasteiger partial charge in [-0.1, -0.05) is 13.8 Å². The summed E-state index contributed by atoms with van der Waals surface area (Å²) < 4.78 is 23.0. The molecule has 0 radical (unpaired) electrons. The summed E-state index contributed by atoms with van der Waals surface area (Å²) in [4.78, 5) is 22.1. The van der Waals surface area contributed by atoms with Crippen molar-refractivity contribution in [3.63, 3.8) is 0 Å². The molecular formula is C14H22N4O3S. The van der Waals surface area contributed by atoms with E-state index in [0.717, 1.165) is 6.54 Å². The van der Waals surface area contributed by atoms with Gasteiger partial charge in [-0.15, -0.1) is 0 Å². The molecule has 1 saturated heterocycles. The maximum absolute atomic E-state index is 12.4. The Hall–Kier alpha value is -1.70. The van der Waals surface area contributed by atoms with Gasteiger partial charge in [-0.25, -0.2) is 18.4 Å². The number of amides is 1. The molecule has 1 amide bonds. The number of anilines is 1. The molecule has 0 aromatic carbocycles. The fourth-order valence-corrected chi connectivity index (χ4v) is 4.05. The van der Waals surface area contributed by atoms with Crippen LogP contribution in [0, 0.1) is 5.92 Å². The number of hydrogen-bond acceptors (Lipinski definition) is 6. The fraction of sp³-hybridized carbons (Fsp3) is 0.643. The number of nitrogens with zero attached hydrogens (tertiary/aromatic N) is 3. The minimum absolute atomic E-state index is 0.0319. The largest absolute Gasteiger partial charge is 0.354 e. The van der Waals surface area contributed by atoms with Crippen molar-refractivity contribution >= 4 is 21.7 Å². The third-order valence-electron chi connectivity index (χ3n) is 3.64. The van der Waals surface area contributed by atoms with Crippen LogP contribution in [-0.4, -0.2) is 60.3 Å². The highest BCUT2D eigenvalue weighted by Gasteiger charge is 2.33. The minimum Gasteiger partial charge on any atom is -0.354 e. The molecule has 122 valence electrons. The number of carbonyl (C=O) groups excluding carboxylic acids is 1. The van der Waals surface area contributed by atoms with Gasteiger partial charge >= 0.3 is 0 Å². The normalized spacial score (nSPS) is 20.1. The second-order valence-corrected chi connectivity index (χ2v) is 8.27. The van der Waals surface area contributed by atoms with E-state index in [1.807, 2.05) is 0 Å². The first-order valence-corrected chi connectivity index (χ1v) is 9.14. The van der Waals surface area contributed by atoms with Gasteiger partial charge in [0, 0.05) is 32.0 Å². The van der Waals surface area contributed by atoms with E-state index in [0.29, 0.717) is 23.9 Å². The van der Waals surface area contributed by atoms with Crippen LogP contribution in [0.4, 0.5) is 5.95 Å². The molecule has 1 aliphatic rings. The van der Waals surface area contributed by atoms with Crippen LogP contribution in [0.1, 0.15) is 30.6 Å². The average molecular weight is 326 g/mol. The highest BCUT2D eigenvalue weighted by molar-refractivity contribution is 7.91. The van der Waals surface area contributed by atoms with Crippen molar-refractivity contribution in [2.24, 2.45) is 5.92 Å². The van der Waals surface area contributed by atoms with Crippen LogP contribution in [0.5, 0.6) is 0 Å². The van der Waals surface area contributed by atoms with Gasteiger partial charge < -0.3 is 10.2 Å². The van der Waals surface area contributed by atoms with E-state index >= 15 is 0 Å². The highest BCUT2D eigenvalue weighted by Crippen LogP contribution is 2.18. The molecule has 0 saturated carbocycles.